The first-order chi connectivity index (χ1) is 17.4. The van der Waals surface area contributed by atoms with Crippen molar-refractivity contribution in [3.05, 3.63) is 90.4 Å². The van der Waals surface area contributed by atoms with Gasteiger partial charge in [0.05, 0.1) is 35.6 Å². The molecule has 2 heterocycles. The predicted molar refractivity (Wildman–Crippen MR) is 131 cm³/mol. The van der Waals surface area contributed by atoms with E-state index in [0.717, 1.165) is 11.3 Å². The van der Waals surface area contributed by atoms with Gasteiger partial charge < -0.3 is 14.2 Å². The van der Waals surface area contributed by atoms with Crippen LogP contribution in [0.5, 0.6) is 11.5 Å². The highest BCUT2D eigenvalue weighted by molar-refractivity contribution is 7.07. The van der Waals surface area contributed by atoms with Crippen LogP contribution >= 0.6 is 11.3 Å². The number of benzene rings is 2. The maximum Gasteiger partial charge on any atom is 0.338 e. The lowest BCUT2D eigenvalue weighted by Gasteiger charge is -2.24. The standard InChI is InChI=1S/C26H22FN3O5S/c1-4-34-25(32)21-15(2)29-26-30(22(21)16-8-10-18(27)11-9-16)24(31)20(36-26)14-17-6-5-7-19(33-3)23(17)35-13-12-28/h5-11,14,22H,4,13H2,1-3H3/b20-14-/t22-/m1/s1. The maximum absolute atomic E-state index is 13.7. The minimum atomic E-state index is -0.845. The normalized spacial score (nSPS) is 15.1. The van der Waals surface area contributed by atoms with Gasteiger partial charge in [0, 0.05) is 5.56 Å². The van der Waals surface area contributed by atoms with E-state index in [2.05, 4.69) is 4.99 Å². The van der Waals surface area contributed by atoms with Crippen molar-refractivity contribution < 1.29 is 23.4 Å². The van der Waals surface area contributed by atoms with Gasteiger partial charge in [0.15, 0.2) is 22.9 Å². The van der Waals surface area contributed by atoms with Crippen molar-refractivity contribution in [3.8, 4) is 17.6 Å². The molecule has 1 aromatic heterocycles. The van der Waals surface area contributed by atoms with Gasteiger partial charge in [0.1, 0.15) is 11.9 Å². The number of ether oxygens (including phenoxy) is 3. The van der Waals surface area contributed by atoms with E-state index in [0.29, 0.717) is 37.7 Å². The Labute approximate surface area is 209 Å². The number of para-hydroxylation sites is 1. The lowest BCUT2D eigenvalue weighted by atomic mass is 9.96. The molecule has 1 aliphatic rings. The first-order valence-electron chi connectivity index (χ1n) is 11.0. The highest BCUT2D eigenvalue weighted by atomic mass is 32.1. The molecule has 0 unspecified atom stereocenters. The second-order valence-electron chi connectivity index (χ2n) is 7.68. The van der Waals surface area contributed by atoms with Gasteiger partial charge in [-0.15, -0.1) is 0 Å². The van der Waals surface area contributed by atoms with Gasteiger partial charge in [-0.25, -0.2) is 14.2 Å². The van der Waals surface area contributed by atoms with Gasteiger partial charge in [-0.05, 0) is 43.7 Å². The number of carbonyl (C=O) groups excluding carboxylic acids is 1. The largest absolute Gasteiger partial charge is 0.493 e. The highest BCUT2D eigenvalue weighted by Crippen LogP contribution is 2.32. The molecule has 0 saturated carbocycles. The minimum Gasteiger partial charge on any atom is -0.493 e. The summed E-state index contributed by atoms with van der Waals surface area (Å²) in [6.45, 7) is 3.32. The molecule has 0 amide bonds. The van der Waals surface area contributed by atoms with Crippen LogP contribution in [0, 0.1) is 17.1 Å². The number of fused-ring (bicyclic) bond motifs is 1. The molecule has 36 heavy (non-hydrogen) atoms. The molecule has 0 aliphatic carbocycles. The summed E-state index contributed by atoms with van der Waals surface area (Å²) in [7, 11) is 1.48. The predicted octanol–water partition coefficient (Wildman–Crippen LogP) is 2.85. The van der Waals surface area contributed by atoms with Crippen LogP contribution in [0.4, 0.5) is 4.39 Å². The number of halogens is 1. The monoisotopic (exact) mass is 507 g/mol. The second-order valence-corrected chi connectivity index (χ2v) is 8.69. The molecule has 0 bridgehead atoms. The zero-order valence-electron chi connectivity index (χ0n) is 19.8. The average molecular weight is 508 g/mol. The minimum absolute atomic E-state index is 0.150. The van der Waals surface area contributed by atoms with Crippen molar-refractivity contribution in [2.75, 3.05) is 20.3 Å². The van der Waals surface area contributed by atoms with Gasteiger partial charge in [0.2, 0.25) is 0 Å². The summed E-state index contributed by atoms with van der Waals surface area (Å²) in [5, 5.41) is 8.96. The maximum atomic E-state index is 13.7. The van der Waals surface area contributed by atoms with E-state index in [1.807, 2.05) is 6.07 Å². The molecule has 2 aromatic carbocycles. The van der Waals surface area contributed by atoms with Crippen molar-refractivity contribution in [2.45, 2.75) is 19.9 Å². The second kappa shape index (κ2) is 10.6. The summed E-state index contributed by atoms with van der Waals surface area (Å²) >= 11 is 1.14. The van der Waals surface area contributed by atoms with Crippen LogP contribution in [0.3, 0.4) is 0 Å². The van der Waals surface area contributed by atoms with Gasteiger partial charge in [-0.2, -0.15) is 5.26 Å². The number of thiazole rings is 1. The lowest BCUT2D eigenvalue weighted by Crippen LogP contribution is -2.39. The van der Waals surface area contributed by atoms with E-state index in [4.69, 9.17) is 19.5 Å². The Bertz CT molecular complexity index is 1560. The number of hydrogen-bond acceptors (Lipinski definition) is 8. The van der Waals surface area contributed by atoms with Crippen molar-refractivity contribution >= 4 is 23.4 Å². The zero-order valence-corrected chi connectivity index (χ0v) is 20.6. The number of carbonyl (C=O) groups is 1. The summed E-state index contributed by atoms with van der Waals surface area (Å²) in [6, 6.07) is 11.9. The van der Waals surface area contributed by atoms with Crippen molar-refractivity contribution in [1.82, 2.24) is 4.57 Å². The third-order valence-electron chi connectivity index (χ3n) is 5.50. The van der Waals surface area contributed by atoms with E-state index >= 15 is 0 Å². The number of allylic oxidation sites excluding steroid dienone is 1. The van der Waals surface area contributed by atoms with Crippen molar-refractivity contribution in [2.24, 2.45) is 4.99 Å². The van der Waals surface area contributed by atoms with Crippen molar-refractivity contribution in [1.29, 1.82) is 5.26 Å². The molecule has 1 atom stereocenters. The third kappa shape index (κ3) is 4.65. The van der Waals surface area contributed by atoms with Crippen LogP contribution in [0.2, 0.25) is 0 Å². The molecule has 10 heteroatoms. The Morgan fingerprint density at radius 2 is 2.03 bits per heavy atom. The number of hydrogen-bond donors (Lipinski definition) is 0. The van der Waals surface area contributed by atoms with Gasteiger partial charge >= 0.3 is 5.97 Å². The lowest BCUT2D eigenvalue weighted by molar-refractivity contribution is -0.139. The number of nitrogens with zero attached hydrogens (tertiary/aromatic N) is 3. The molecule has 0 N–H and O–H groups in total. The van der Waals surface area contributed by atoms with E-state index in [9.17, 15) is 14.0 Å². The van der Waals surface area contributed by atoms with E-state index in [1.165, 1.54) is 35.9 Å². The first-order valence-corrected chi connectivity index (χ1v) is 11.8. The fraction of sp³-hybridized carbons (Fsp3) is 0.231. The molecule has 184 valence electrons. The Morgan fingerprint density at radius 1 is 1.28 bits per heavy atom. The fourth-order valence-corrected chi connectivity index (χ4v) is 5.00. The topological polar surface area (TPSA) is 103 Å². The highest BCUT2D eigenvalue weighted by Gasteiger charge is 2.33. The molecule has 3 aromatic rings. The van der Waals surface area contributed by atoms with E-state index in [1.54, 1.807) is 38.1 Å². The molecule has 0 fully saturated rings. The molecule has 0 spiro atoms. The molecule has 0 saturated heterocycles. The van der Waals surface area contributed by atoms with Gasteiger partial charge in [-0.1, -0.05) is 35.6 Å². The smallest absolute Gasteiger partial charge is 0.338 e. The van der Waals surface area contributed by atoms with Crippen LogP contribution in [0.15, 0.2) is 63.5 Å². The Hall–Kier alpha value is -4.23. The Kier molecular flexibility index (Phi) is 7.31. The number of methoxy groups -OCH3 is 1. The van der Waals surface area contributed by atoms with E-state index in [-0.39, 0.29) is 18.8 Å². The average Bonchev–Trinajstić information content (AvgIpc) is 3.17. The third-order valence-corrected chi connectivity index (χ3v) is 6.48. The van der Waals surface area contributed by atoms with Gasteiger partial charge in [0.25, 0.3) is 5.56 Å². The summed E-state index contributed by atoms with van der Waals surface area (Å²) < 4.78 is 31.6. The molecular formula is C26H22FN3O5S. The van der Waals surface area contributed by atoms with Gasteiger partial charge in [-0.3, -0.25) is 9.36 Å². The zero-order chi connectivity index (χ0) is 25.8. The SMILES string of the molecule is CCOC(=O)C1=C(C)N=c2s/c(=C\c3cccc(OC)c3OCC#N)c(=O)n2[C@@H]1c1ccc(F)cc1. The van der Waals surface area contributed by atoms with Crippen LogP contribution in [-0.2, 0) is 9.53 Å². The Balaban J connectivity index is 1.95. The fourth-order valence-electron chi connectivity index (χ4n) is 3.96. The first kappa shape index (κ1) is 24.9. The van der Waals surface area contributed by atoms with E-state index < -0.39 is 23.4 Å². The number of nitriles is 1. The molecule has 4 rings (SSSR count). The van der Waals surface area contributed by atoms with Crippen LogP contribution in [0.25, 0.3) is 6.08 Å². The number of esters is 1. The van der Waals surface area contributed by atoms with Crippen LogP contribution in [0.1, 0.15) is 31.0 Å². The number of rotatable bonds is 7. The molecular weight excluding hydrogens is 485 g/mol. The van der Waals surface area contributed by atoms with Crippen molar-refractivity contribution in [3.63, 3.8) is 0 Å². The Morgan fingerprint density at radius 3 is 2.69 bits per heavy atom. The summed E-state index contributed by atoms with van der Waals surface area (Å²) in [6.07, 6.45) is 1.63. The summed E-state index contributed by atoms with van der Waals surface area (Å²) in [5.74, 6) is -0.294. The molecule has 1 aliphatic heterocycles. The summed E-state index contributed by atoms with van der Waals surface area (Å²) in [4.78, 5) is 31.5. The molecule has 8 nitrogen and oxygen atoms in total. The number of aromatic nitrogens is 1. The van der Waals surface area contributed by atoms with Crippen LogP contribution in [-0.4, -0.2) is 30.9 Å². The summed E-state index contributed by atoms with van der Waals surface area (Å²) in [5.41, 5.74) is 1.31. The molecule has 0 radical (unpaired) electrons. The quantitative estimate of drug-likeness (QED) is 0.456. The van der Waals surface area contributed by atoms with Crippen LogP contribution < -0.4 is 24.4 Å².